The number of hydrogen-bond acceptors (Lipinski definition) is 5. The highest BCUT2D eigenvalue weighted by Gasteiger charge is 2.27. The van der Waals surface area contributed by atoms with Gasteiger partial charge in [0.2, 0.25) is 0 Å². The molecule has 0 saturated carbocycles. The summed E-state index contributed by atoms with van der Waals surface area (Å²) >= 11 is 0. The lowest BCUT2D eigenvalue weighted by Crippen LogP contribution is -2.46. The molecule has 6 heteroatoms. The van der Waals surface area contributed by atoms with E-state index >= 15 is 0 Å². The summed E-state index contributed by atoms with van der Waals surface area (Å²) in [4.78, 5) is 20.3. The third kappa shape index (κ3) is 4.87. The molecule has 176 valence electrons. The second kappa shape index (κ2) is 9.74. The van der Waals surface area contributed by atoms with E-state index in [4.69, 9.17) is 4.74 Å². The molecule has 1 amide bonds. The minimum Gasteiger partial charge on any atom is -0.378 e. The molecule has 1 atom stereocenters. The molecular weight excluding hydrogens is 412 g/mol. The van der Waals surface area contributed by atoms with E-state index < -0.39 is 0 Å². The molecule has 1 N–H and O–H groups in total. The fourth-order valence-electron chi connectivity index (χ4n) is 5.44. The average molecular weight is 449 g/mol. The Bertz CT molecular complexity index is 976. The summed E-state index contributed by atoms with van der Waals surface area (Å²) in [5.74, 6) is 0.0331. The molecule has 0 unspecified atom stereocenters. The van der Waals surface area contributed by atoms with E-state index in [0.717, 1.165) is 83.0 Å². The summed E-state index contributed by atoms with van der Waals surface area (Å²) in [5.41, 5.74) is 7.56. The van der Waals surface area contributed by atoms with Gasteiger partial charge in [0.1, 0.15) is 0 Å². The van der Waals surface area contributed by atoms with Gasteiger partial charge in [0.15, 0.2) is 0 Å². The number of amides is 1. The zero-order valence-electron chi connectivity index (χ0n) is 20.0. The minimum absolute atomic E-state index is 0.0331. The van der Waals surface area contributed by atoms with Crippen molar-refractivity contribution in [2.45, 2.75) is 32.2 Å². The van der Waals surface area contributed by atoms with Gasteiger partial charge in [-0.3, -0.25) is 4.79 Å². The standard InChI is InChI=1S/C27H36N4O2/c1-20-3-4-21-5-8-23(19-25(21)26(20)31-13-11-29(2)12-14-31)28-27(32)22-6-9-24(10-7-22)30-15-17-33-18-16-30/h3-4,6-7,9-10,23H,5,8,11-19H2,1-2H3,(H,28,32)/t23-/m1/s1. The zero-order chi connectivity index (χ0) is 22.8. The number of ether oxygens (including phenoxy) is 1. The van der Waals surface area contributed by atoms with Crippen molar-refractivity contribution in [1.29, 1.82) is 0 Å². The van der Waals surface area contributed by atoms with Gasteiger partial charge in [-0.15, -0.1) is 0 Å². The van der Waals surface area contributed by atoms with Gasteiger partial charge in [-0.2, -0.15) is 0 Å². The molecule has 2 saturated heterocycles. The lowest BCUT2D eigenvalue weighted by Gasteiger charge is -2.38. The third-order valence-electron chi connectivity index (χ3n) is 7.45. The van der Waals surface area contributed by atoms with Gasteiger partial charge < -0.3 is 24.8 Å². The molecule has 6 nitrogen and oxygen atoms in total. The first-order valence-corrected chi connectivity index (χ1v) is 12.4. The molecule has 0 spiro atoms. The summed E-state index contributed by atoms with van der Waals surface area (Å²) in [6.07, 6.45) is 2.93. The summed E-state index contributed by atoms with van der Waals surface area (Å²) in [6, 6.07) is 12.8. The van der Waals surface area contributed by atoms with E-state index in [1.54, 1.807) is 0 Å². The van der Waals surface area contributed by atoms with E-state index in [1.807, 2.05) is 12.1 Å². The molecule has 0 aromatic heterocycles. The highest BCUT2D eigenvalue weighted by molar-refractivity contribution is 5.94. The van der Waals surface area contributed by atoms with E-state index in [2.05, 4.69) is 58.3 Å². The van der Waals surface area contributed by atoms with Gasteiger partial charge in [-0.05, 0) is 74.2 Å². The number of anilines is 2. The van der Waals surface area contributed by atoms with Crippen LogP contribution in [-0.2, 0) is 17.6 Å². The van der Waals surface area contributed by atoms with Crippen molar-refractivity contribution in [2.75, 3.05) is 69.3 Å². The zero-order valence-corrected chi connectivity index (χ0v) is 20.0. The Labute approximate surface area is 197 Å². The van der Waals surface area contributed by atoms with Crippen molar-refractivity contribution < 1.29 is 9.53 Å². The fourth-order valence-corrected chi connectivity index (χ4v) is 5.44. The van der Waals surface area contributed by atoms with Crippen molar-refractivity contribution >= 4 is 17.3 Å². The van der Waals surface area contributed by atoms with Crippen molar-refractivity contribution in [3.63, 3.8) is 0 Å². The Morgan fingerprint density at radius 2 is 1.67 bits per heavy atom. The van der Waals surface area contributed by atoms with Crippen LogP contribution in [-0.4, -0.2) is 76.4 Å². The van der Waals surface area contributed by atoms with E-state index in [-0.39, 0.29) is 11.9 Å². The summed E-state index contributed by atoms with van der Waals surface area (Å²) in [5, 5.41) is 3.33. The van der Waals surface area contributed by atoms with Crippen LogP contribution in [0.15, 0.2) is 36.4 Å². The third-order valence-corrected chi connectivity index (χ3v) is 7.45. The predicted octanol–water partition coefficient (Wildman–Crippen LogP) is 2.87. The molecule has 0 bridgehead atoms. The van der Waals surface area contributed by atoms with Crippen LogP contribution in [0.3, 0.4) is 0 Å². The van der Waals surface area contributed by atoms with Crippen LogP contribution in [0.1, 0.15) is 33.5 Å². The Hall–Kier alpha value is -2.57. The van der Waals surface area contributed by atoms with E-state index in [9.17, 15) is 4.79 Å². The van der Waals surface area contributed by atoms with Crippen LogP contribution < -0.4 is 15.1 Å². The van der Waals surface area contributed by atoms with Gasteiger partial charge >= 0.3 is 0 Å². The number of fused-ring (bicyclic) bond motifs is 1. The van der Waals surface area contributed by atoms with Crippen LogP contribution in [0.2, 0.25) is 0 Å². The van der Waals surface area contributed by atoms with Crippen molar-refractivity contribution in [3.8, 4) is 0 Å². The topological polar surface area (TPSA) is 48.0 Å². The van der Waals surface area contributed by atoms with Crippen LogP contribution >= 0.6 is 0 Å². The maximum atomic E-state index is 13.0. The number of nitrogens with zero attached hydrogens (tertiary/aromatic N) is 3. The molecule has 33 heavy (non-hydrogen) atoms. The second-order valence-corrected chi connectivity index (χ2v) is 9.72. The maximum absolute atomic E-state index is 13.0. The highest BCUT2D eigenvalue weighted by atomic mass is 16.5. The molecule has 1 aliphatic carbocycles. The Balaban J connectivity index is 1.27. The SMILES string of the molecule is Cc1ccc2c(c1N1CCN(C)CC1)C[C@H](NC(=O)c1ccc(N3CCOCC3)cc1)CC2. The summed E-state index contributed by atoms with van der Waals surface area (Å²) < 4.78 is 5.44. The first kappa shape index (κ1) is 22.2. The lowest BCUT2D eigenvalue weighted by molar-refractivity contribution is 0.0933. The Morgan fingerprint density at radius 3 is 2.39 bits per heavy atom. The number of hydrogen-bond donors (Lipinski definition) is 1. The molecule has 2 aliphatic heterocycles. The van der Waals surface area contributed by atoms with Gasteiger partial charge in [0, 0.05) is 62.2 Å². The molecule has 5 rings (SSSR count). The number of rotatable bonds is 4. The van der Waals surface area contributed by atoms with Crippen LogP contribution in [0, 0.1) is 6.92 Å². The highest BCUT2D eigenvalue weighted by Crippen LogP contribution is 2.34. The van der Waals surface area contributed by atoms with Crippen LogP contribution in [0.25, 0.3) is 0 Å². The van der Waals surface area contributed by atoms with Crippen LogP contribution in [0.5, 0.6) is 0 Å². The number of aryl methyl sites for hydroxylation is 2. The van der Waals surface area contributed by atoms with Gasteiger partial charge in [0.05, 0.1) is 13.2 Å². The molecular formula is C27H36N4O2. The molecule has 0 radical (unpaired) electrons. The number of likely N-dealkylation sites (N-methyl/N-ethyl adjacent to an activating group) is 1. The molecule has 2 heterocycles. The molecule has 3 aliphatic rings. The quantitative estimate of drug-likeness (QED) is 0.780. The van der Waals surface area contributed by atoms with E-state index in [1.165, 1.54) is 22.4 Å². The second-order valence-electron chi connectivity index (χ2n) is 9.72. The predicted molar refractivity (Wildman–Crippen MR) is 134 cm³/mol. The normalized spacial score (nSPS) is 21.6. The number of carbonyl (C=O) groups is 1. The van der Waals surface area contributed by atoms with Crippen molar-refractivity contribution in [1.82, 2.24) is 10.2 Å². The van der Waals surface area contributed by atoms with Crippen LogP contribution in [0.4, 0.5) is 11.4 Å². The number of carbonyl (C=O) groups excluding carboxylic acids is 1. The molecule has 2 fully saturated rings. The van der Waals surface area contributed by atoms with Crippen molar-refractivity contribution in [2.24, 2.45) is 0 Å². The Morgan fingerprint density at radius 1 is 0.939 bits per heavy atom. The monoisotopic (exact) mass is 448 g/mol. The van der Waals surface area contributed by atoms with Crippen molar-refractivity contribution in [3.05, 3.63) is 58.7 Å². The largest absolute Gasteiger partial charge is 0.378 e. The van der Waals surface area contributed by atoms with Gasteiger partial charge in [-0.25, -0.2) is 0 Å². The number of piperazine rings is 1. The Kier molecular flexibility index (Phi) is 6.56. The summed E-state index contributed by atoms with van der Waals surface area (Å²) in [7, 11) is 2.20. The van der Waals surface area contributed by atoms with Gasteiger partial charge in [-0.1, -0.05) is 12.1 Å². The van der Waals surface area contributed by atoms with E-state index in [0.29, 0.717) is 0 Å². The fraction of sp³-hybridized carbons (Fsp3) is 0.519. The molecule has 2 aromatic rings. The average Bonchev–Trinajstić information content (AvgIpc) is 2.85. The first-order chi connectivity index (χ1) is 16.1. The smallest absolute Gasteiger partial charge is 0.251 e. The maximum Gasteiger partial charge on any atom is 0.251 e. The number of nitrogens with one attached hydrogen (secondary N) is 1. The minimum atomic E-state index is 0.0331. The number of benzene rings is 2. The first-order valence-electron chi connectivity index (χ1n) is 12.4. The van der Waals surface area contributed by atoms with Gasteiger partial charge in [0.25, 0.3) is 5.91 Å². The molecule has 2 aromatic carbocycles. The number of morpholine rings is 1. The lowest BCUT2D eigenvalue weighted by atomic mass is 9.85. The summed E-state index contributed by atoms with van der Waals surface area (Å²) in [6.45, 7) is 9.91.